The number of rotatable bonds is 11. The van der Waals surface area contributed by atoms with Crippen molar-refractivity contribution in [3.63, 3.8) is 0 Å². The average molecular weight is 597 g/mol. The van der Waals surface area contributed by atoms with E-state index in [1.807, 2.05) is 23.9 Å². The van der Waals surface area contributed by atoms with Gasteiger partial charge in [-0.05, 0) is 33.4 Å². The summed E-state index contributed by atoms with van der Waals surface area (Å²) < 4.78 is 5.75. The number of nitrogens with one attached hydrogen (secondary N) is 2. The molecule has 4 rings (SSSR count). The number of H-pyrrole nitrogens is 1. The Bertz CT molecular complexity index is 1330. The molecule has 0 aliphatic carbocycles. The average Bonchev–Trinajstić information content (AvgIpc) is 3.47. The van der Waals surface area contributed by atoms with Crippen LogP contribution in [0.3, 0.4) is 0 Å². The molecule has 0 amide bonds. The summed E-state index contributed by atoms with van der Waals surface area (Å²) >= 11 is 13.5. The van der Waals surface area contributed by atoms with Crippen LogP contribution in [0.1, 0.15) is 38.7 Å². The number of Topliss-reactive ketones (excluding diaryl/α,β-unsaturated/α-hetero) is 1. The second-order valence-electron chi connectivity index (χ2n) is 9.65. The maximum atomic E-state index is 13.0. The molecule has 1 aliphatic rings. The van der Waals surface area contributed by atoms with Gasteiger partial charge in [0.1, 0.15) is 27.8 Å². The van der Waals surface area contributed by atoms with Crippen LogP contribution in [0, 0.1) is 12.8 Å². The van der Waals surface area contributed by atoms with Gasteiger partial charge in [-0.1, -0.05) is 34.5 Å². The Morgan fingerprint density at radius 1 is 1.28 bits per heavy atom. The van der Waals surface area contributed by atoms with E-state index in [2.05, 4.69) is 25.3 Å². The van der Waals surface area contributed by atoms with Crippen LogP contribution < -0.4 is 10.2 Å². The van der Waals surface area contributed by atoms with Crippen molar-refractivity contribution in [2.45, 2.75) is 25.9 Å². The first-order valence-electron chi connectivity index (χ1n) is 12.4. The van der Waals surface area contributed by atoms with E-state index in [1.165, 1.54) is 6.20 Å². The molecule has 4 heterocycles. The summed E-state index contributed by atoms with van der Waals surface area (Å²) in [5.74, 6) is -0.651. The third kappa shape index (κ3) is 6.69. The Morgan fingerprint density at radius 3 is 2.64 bits per heavy atom. The lowest BCUT2D eigenvalue weighted by Gasteiger charge is -2.37. The fraction of sp³-hybridized carbons (Fsp3) is 0.480. The number of aromatic nitrogens is 4. The predicted octanol–water partition coefficient (Wildman–Crippen LogP) is 4.33. The highest BCUT2D eigenvalue weighted by Crippen LogP contribution is 2.36. The number of hydrogen-bond acceptors (Lipinski definition) is 10. The van der Waals surface area contributed by atoms with Gasteiger partial charge in [-0.3, -0.25) is 4.79 Å². The lowest BCUT2D eigenvalue weighted by molar-refractivity contribution is 0.0375. The quantitative estimate of drug-likeness (QED) is 0.275. The minimum absolute atomic E-state index is 0.0472. The lowest BCUT2D eigenvalue weighted by atomic mass is 9.88. The van der Waals surface area contributed by atoms with Gasteiger partial charge in [0, 0.05) is 45.4 Å². The first kappa shape index (κ1) is 29.2. The third-order valence-corrected chi connectivity index (χ3v) is 8.67. The molecule has 3 N–H and O–H groups in total. The van der Waals surface area contributed by atoms with Crippen molar-refractivity contribution in [1.29, 1.82) is 0 Å². The third-order valence-electron chi connectivity index (χ3n) is 6.62. The number of ether oxygens (including phenoxy) is 1. The second-order valence-corrected chi connectivity index (χ2v) is 11.4. The van der Waals surface area contributed by atoms with Gasteiger partial charge in [-0.25, -0.2) is 19.7 Å². The Kier molecular flexibility index (Phi) is 9.44. The van der Waals surface area contributed by atoms with Gasteiger partial charge in [0.25, 0.3) is 0 Å². The van der Waals surface area contributed by atoms with E-state index < -0.39 is 5.97 Å². The molecule has 3 aromatic heterocycles. The maximum Gasteiger partial charge on any atom is 0.348 e. The molecule has 2 atom stereocenters. The van der Waals surface area contributed by atoms with Crippen LogP contribution in [0.25, 0.3) is 11.4 Å². The number of aromatic carboxylic acids is 1. The first-order valence-corrected chi connectivity index (χ1v) is 14.0. The fourth-order valence-electron chi connectivity index (χ4n) is 4.46. The van der Waals surface area contributed by atoms with Crippen molar-refractivity contribution in [3.05, 3.63) is 38.7 Å². The monoisotopic (exact) mass is 595 g/mol. The number of hydrogen-bond donors (Lipinski definition) is 3. The van der Waals surface area contributed by atoms with E-state index in [4.69, 9.17) is 27.9 Å². The maximum absolute atomic E-state index is 13.0. The van der Waals surface area contributed by atoms with E-state index >= 15 is 0 Å². The number of carbonyl (C=O) groups is 2. The first-order chi connectivity index (χ1) is 18.6. The van der Waals surface area contributed by atoms with Gasteiger partial charge in [0.05, 0.1) is 28.5 Å². The van der Waals surface area contributed by atoms with Gasteiger partial charge in [0.2, 0.25) is 0 Å². The van der Waals surface area contributed by atoms with E-state index in [1.54, 1.807) is 20.2 Å². The SMILES string of the molecule is CO[C@H]1CN(c2nc(-c3cnc(NCCN(C)C)cn3)c(C(=O)O)s2)CC[C@H]1CC(=O)c1[nH]c(C)c(Cl)c1Cl. The Morgan fingerprint density at radius 2 is 2.05 bits per heavy atom. The molecule has 39 heavy (non-hydrogen) atoms. The number of aromatic amines is 1. The second kappa shape index (κ2) is 12.6. The highest BCUT2D eigenvalue weighted by Gasteiger charge is 2.34. The van der Waals surface area contributed by atoms with E-state index in [9.17, 15) is 14.7 Å². The zero-order valence-electron chi connectivity index (χ0n) is 22.1. The number of anilines is 2. The number of nitrogens with zero attached hydrogens (tertiary/aromatic N) is 5. The van der Waals surface area contributed by atoms with Crippen LogP contribution in [0.4, 0.5) is 10.9 Å². The van der Waals surface area contributed by atoms with Gasteiger partial charge >= 0.3 is 5.97 Å². The number of methoxy groups -OCH3 is 1. The highest BCUT2D eigenvalue weighted by molar-refractivity contribution is 7.17. The van der Waals surface area contributed by atoms with E-state index in [0.717, 1.165) is 17.9 Å². The Labute approximate surface area is 240 Å². The molecule has 0 aromatic carbocycles. The molecule has 0 spiro atoms. The summed E-state index contributed by atoms with van der Waals surface area (Å²) in [5.41, 5.74) is 1.62. The molecule has 1 saturated heterocycles. The molecule has 0 saturated carbocycles. The predicted molar refractivity (Wildman–Crippen MR) is 153 cm³/mol. The number of carboxylic acids is 1. The number of ketones is 1. The van der Waals surface area contributed by atoms with Crippen molar-refractivity contribution < 1.29 is 19.4 Å². The molecule has 11 nitrogen and oxygen atoms in total. The fourth-order valence-corrected chi connectivity index (χ4v) is 5.84. The number of likely N-dealkylation sites (N-methyl/N-ethyl adjacent to an activating group) is 1. The number of aryl methyl sites for hydroxylation is 1. The molecule has 0 bridgehead atoms. The van der Waals surface area contributed by atoms with Gasteiger partial charge in [0.15, 0.2) is 10.9 Å². The molecule has 0 radical (unpaired) electrons. The summed E-state index contributed by atoms with van der Waals surface area (Å²) in [7, 11) is 5.57. The van der Waals surface area contributed by atoms with Crippen molar-refractivity contribution in [3.8, 4) is 11.4 Å². The zero-order valence-corrected chi connectivity index (χ0v) is 24.5. The largest absolute Gasteiger partial charge is 0.477 e. The van der Waals surface area contributed by atoms with E-state index in [0.29, 0.717) is 59.1 Å². The van der Waals surface area contributed by atoms with Crippen molar-refractivity contribution in [2.24, 2.45) is 5.92 Å². The number of carbonyl (C=O) groups excluding carboxylic acids is 1. The zero-order chi connectivity index (χ0) is 28.3. The summed E-state index contributed by atoms with van der Waals surface area (Å²) in [5, 5.41) is 14.2. The summed E-state index contributed by atoms with van der Waals surface area (Å²) in [6, 6.07) is 0. The standard InChI is InChI=1S/C25H31Cl2N7O4S/c1-13-19(26)20(27)22(31-13)16(35)9-14-5-7-34(12-17(14)38-4)25-32-21(23(39-25)24(36)37)15-10-30-18(11-29-15)28-6-8-33(2)3/h10-11,14,17,31H,5-9,12H2,1-4H3,(H,28,30)(H,36,37)/t14-,17-/m0/s1. The molecule has 1 fully saturated rings. The minimum atomic E-state index is -1.08. The van der Waals surface area contributed by atoms with Crippen molar-refractivity contribution >= 4 is 57.2 Å². The van der Waals surface area contributed by atoms with Gasteiger partial charge < -0.3 is 29.9 Å². The summed E-state index contributed by atoms with van der Waals surface area (Å²) in [6.45, 7) is 4.35. The van der Waals surface area contributed by atoms with E-state index in [-0.39, 0.29) is 39.8 Å². The number of halogens is 2. The van der Waals surface area contributed by atoms with Crippen LogP contribution in [-0.2, 0) is 4.74 Å². The van der Waals surface area contributed by atoms with Crippen LogP contribution in [0.15, 0.2) is 12.4 Å². The molecule has 14 heteroatoms. The smallest absolute Gasteiger partial charge is 0.348 e. The van der Waals surface area contributed by atoms with Crippen LogP contribution in [0.5, 0.6) is 0 Å². The molecule has 3 aromatic rings. The normalized spacial score (nSPS) is 17.6. The summed E-state index contributed by atoms with van der Waals surface area (Å²) in [4.78, 5) is 45.5. The molecule has 1 aliphatic heterocycles. The minimum Gasteiger partial charge on any atom is -0.477 e. The lowest BCUT2D eigenvalue weighted by Crippen LogP contribution is -2.45. The number of thiazole rings is 1. The molecular weight excluding hydrogens is 565 g/mol. The van der Waals surface area contributed by atoms with Crippen LogP contribution in [0.2, 0.25) is 10.0 Å². The molecule has 0 unspecified atom stereocenters. The number of piperidine rings is 1. The van der Waals surface area contributed by atoms with Gasteiger partial charge in [-0.15, -0.1) is 0 Å². The summed E-state index contributed by atoms with van der Waals surface area (Å²) in [6.07, 6.45) is 3.74. The van der Waals surface area contributed by atoms with Gasteiger partial charge in [-0.2, -0.15) is 0 Å². The topological polar surface area (TPSA) is 137 Å². The van der Waals surface area contributed by atoms with Crippen LogP contribution in [-0.4, -0.2) is 95.2 Å². The van der Waals surface area contributed by atoms with Crippen molar-refractivity contribution in [1.82, 2.24) is 24.8 Å². The Balaban J connectivity index is 1.47. The number of carboxylic acid groups (broad SMARTS) is 1. The van der Waals surface area contributed by atoms with Crippen molar-refractivity contribution in [2.75, 3.05) is 57.6 Å². The van der Waals surface area contributed by atoms with Crippen LogP contribution >= 0.6 is 34.5 Å². The highest BCUT2D eigenvalue weighted by atomic mass is 35.5. The molecule has 210 valence electrons. The Hall–Kier alpha value is -2.77. The molecular formula is C25H31Cl2N7O4S.